The zero-order chi connectivity index (χ0) is 15.1. The van der Waals surface area contributed by atoms with Crippen LogP contribution in [0.25, 0.3) is 0 Å². The van der Waals surface area contributed by atoms with E-state index in [1.165, 1.54) is 0 Å². The van der Waals surface area contributed by atoms with Gasteiger partial charge >= 0.3 is 5.97 Å². The number of phenols is 1. The average Bonchev–Trinajstić information content (AvgIpc) is 2.28. The van der Waals surface area contributed by atoms with E-state index in [1.807, 2.05) is 39.8 Å². The maximum Gasteiger partial charge on any atom is 0.314 e. The van der Waals surface area contributed by atoms with Gasteiger partial charge in [-0.25, -0.2) is 0 Å². The van der Waals surface area contributed by atoms with Crippen LogP contribution < -0.4 is 0 Å². The molecule has 0 aromatic heterocycles. The topological polar surface area (TPSA) is 57.5 Å². The summed E-state index contributed by atoms with van der Waals surface area (Å²) in [6.07, 6.45) is 2.16. The highest BCUT2D eigenvalue weighted by atomic mass is 16.4. The molecule has 3 heteroatoms. The molecule has 110 valence electrons. The van der Waals surface area contributed by atoms with E-state index in [0.717, 1.165) is 17.5 Å². The maximum absolute atomic E-state index is 11.8. The number of benzene rings is 1. The first kappa shape index (κ1) is 14.9. The van der Waals surface area contributed by atoms with Crippen molar-refractivity contribution in [2.24, 2.45) is 0 Å². The molecule has 1 aromatic rings. The molecule has 0 atom stereocenters. The van der Waals surface area contributed by atoms with E-state index in [1.54, 1.807) is 0 Å². The van der Waals surface area contributed by atoms with Gasteiger partial charge in [-0.15, -0.1) is 0 Å². The van der Waals surface area contributed by atoms with Crippen molar-refractivity contribution >= 4 is 5.97 Å². The van der Waals surface area contributed by atoms with Crippen LogP contribution in [0.3, 0.4) is 0 Å². The van der Waals surface area contributed by atoms with Gasteiger partial charge in [0.2, 0.25) is 0 Å². The first-order valence-corrected chi connectivity index (χ1v) is 7.41. The molecule has 1 aliphatic rings. The Hall–Kier alpha value is -1.51. The normalized spacial score (nSPS) is 17.3. The van der Waals surface area contributed by atoms with Crippen molar-refractivity contribution in [2.75, 3.05) is 0 Å². The summed E-state index contributed by atoms with van der Waals surface area (Å²) in [7, 11) is 0. The number of rotatable bonds is 4. The summed E-state index contributed by atoms with van der Waals surface area (Å²) in [6.45, 7) is 8.12. The zero-order valence-electron chi connectivity index (χ0n) is 12.7. The molecule has 3 nitrogen and oxygen atoms in total. The highest BCUT2D eigenvalue weighted by Gasteiger charge is 2.49. The monoisotopic (exact) mass is 276 g/mol. The van der Waals surface area contributed by atoms with Crippen molar-refractivity contribution in [3.8, 4) is 5.75 Å². The summed E-state index contributed by atoms with van der Waals surface area (Å²) in [6, 6.07) is 3.94. The van der Waals surface area contributed by atoms with E-state index >= 15 is 0 Å². The van der Waals surface area contributed by atoms with Crippen molar-refractivity contribution in [2.45, 2.75) is 64.2 Å². The summed E-state index contributed by atoms with van der Waals surface area (Å²) in [5.41, 5.74) is 1.59. The standard InChI is InChI=1S/C17H24O3/c1-10(2)12-6-7-13(11(3)4)15(18)14(12)17(16(19)20)8-5-9-17/h6-7,10-11,18H,5,8-9H2,1-4H3,(H,19,20). The van der Waals surface area contributed by atoms with Gasteiger partial charge in [-0.2, -0.15) is 0 Å². The fraction of sp³-hybridized carbons (Fsp3) is 0.588. The van der Waals surface area contributed by atoms with Gasteiger partial charge in [0.15, 0.2) is 0 Å². The first-order valence-electron chi connectivity index (χ1n) is 7.41. The Bertz CT molecular complexity index is 525. The summed E-state index contributed by atoms with van der Waals surface area (Å²) in [5.74, 6) is -0.218. The third-order valence-electron chi connectivity index (χ3n) is 4.58. The molecule has 0 spiro atoms. The molecule has 0 aliphatic heterocycles. The molecule has 0 heterocycles. The summed E-state index contributed by atoms with van der Waals surface area (Å²) < 4.78 is 0. The van der Waals surface area contributed by atoms with Gasteiger partial charge in [0.25, 0.3) is 0 Å². The minimum atomic E-state index is -0.880. The number of hydrogen-bond acceptors (Lipinski definition) is 2. The molecule has 0 unspecified atom stereocenters. The van der Waals surface area contributed by atoms with Crippen molar-refractivity contribution in [1.29, 1.82) is 0 Å². The fourth-order valence-corrected chi connectivity index (χ4v) is 3.17. The van der Waals surface area contributed by atoms with Crippen LogP contribution in [0.2, 0.25) is 0 Å². The molecule has 20 heavy (non-hydrogen) atoms. The predicted octanol–water partition coefficient (Wildman–Crippen LogP) is 4.15. The van der Waals surface area contributed by atoms with Crippen LogP contribution in [-0.2, 0) is 10.2 Å². The Labute approximate surface area is 120 Å². The highest BCUT2D eigenvalue weighted by molar-refractivity contribution is 5.84. The van der Waals surface area contributed by atoms with Gasteiger partial charge in [-0.1, -0.05) is 46.2 Å². The van der Waals surface area contributed by atoms with Gasteiger partial charge in [0.1, 0.15) is 5.75 Å². The number of hydrogen-bond donors (Lipinski definition) is 2. The molecule has 2 N–H and O–H groups in total. The maximum atomic E-state index is 11.8. The van der Waals surface area contributed by atoms with Gasteiger partial charge in [-0.05, 0) is 35.8 Å². The SMILES string of the molecule is CC(C)c1ccc(C(C)C)c(C2(C(=O)O)CCC2)c1O. The van der Waals surface area contributed by atoms with Gasteiger partial charge in [0.05, 0.1) is 5.41 Å². The molecular weight excluding hydrogens is 252 g/mol. The molecule has 1 fully saturated rings. The third-order valence-corrected chi connectivity index (χ3v) is 4.58. The van der Waals surface area contributed by atoms with Crippen LogP contribution in [0.5, 0.6) is 5.75 Å². The molecule has 0 saturated heterocycles. The summed E-state index contributed by atoms with van der Waals surface area (Å²) >= 11 is 0. The first-order chi connectivity index (χ1) is 9.31. The van der Waals surface area contributed by atoms with E-state index in [4.69, 9.17) is 0 Å². The van der Waals surface area contributed by atoms with Crippen LogP contribution in [-0.4, -0.2) is 16.2 Å². The van der Waals surface area contributed by atoms with E-state index in [-0.39, 0.29) is 17.6 Å². The van der Waals surface area contributed by atoms with Gasteiger partial charge in [-0.3, -0.25) is 4.79 Å². The van der Waals surface area contributed by atoms with Crippen molar-refractivity contribution < 1.29 is 15.0 Å². The molecule has 0 radical (unpaired) electrons. The lowest BCUT2D eigenvalue weighted by atomic mass is 9.62. The lowest BCUT2D eigenvalue weighted by molar-refractivity contribution is -0.147. The van der Waals surface area contributed by atoms with Crippen LogP contribution in [0, 0.1) is 0 Å². The number of carboxylic acids is 1. The Morgan fingerprint density at radius 3 is 1.95 bits per heavy atom. The molecule has 0 amide bonds. The average molecular weight is 276 g/mol. The van der Waals surface area contributed by atoms with Crippen molar-refractivity contribution in [3.05, 3.63) is 28.8 Å². The van der Waals surface area contributed by atoms with Crippen LogP contribution >= 0.6 is 0 Å². The van der Waals surface area contributed by atoms with Crippen LogP contribution in [0.15, 0.2) is 12.1 Å². The van der Waals surface area contributed by atoms with E-state index in [0.29, 0.717) is 18.4 Å². The quantitative estimate of drug-likeness (QED) is 0.868. The Morgan fingerprint density at radius 2 is 1.60 bits per heavy atom. The fourth-order valence-electron chi connectivity index (χ4n) is 3.17. The second-order valence-corrected chi connectivity index (χ2v) is 6.52. The molecule has 1 saturated carbocycles. The van der Waals surface area contributed by atoms with Crippen molar-refractivity contribution in [3.63, 3.8) is 0 Å². The number of phenolic OH excluding ortho intramolecular Hbond substituents is 1. The number of aliphatic carboxylic acids is 1. The van der Waals surface area contributed by atoms with E-state index < -0.39 is 11.4 Å². The molecule has 0 bridgehead atoms. The lowest BCUT2D eigenvalue weighted by Crippen LogP contribution is -2.43. The van der Waals surface area contributed by atoms with E-state index in [2.05, 4.69) is 0 Å². The second kappa shape index (κ2) is 5.12. The smallest absolute Gasteiger partial charge is 0.314 e. The largest absolute Gasteiger partial charge is 0.507 e. The Morgan fingerprint density at radius 1 is 1.10 bits per heavy atom. The number of aromatic hydroxyl groups is 1. The zero-order valence-corrected chi connectivity index (χ0v) is 12.7. The van der Waals surface area contributed by atoms with Crippen LogP contribution in [0.4, 0.5) is 0 Å². The number of carboxylic acid groups (broad SMARTS) is 1. The Balaban J connectivity index is 2.70. The molecular formula is C17H24O3. The summed E-state index contributed by atoms with van der Waals surface area (Å²) in [5, 5.41) is 20.4. The molecule has 1 aliphatic carbocycles. The minimum Gasteiger partial charge on any atom is -0.507 e. The van der Waals surface area contributed by atoms with Crippen LogP contribution in [0.1, 0.15) is 75.5 Å². The minimum absolute atomic E-state index is 0.181. The highest BCUT2D eigenvalue weighted by Crippen LogP contribution is 2.51. The van der Waals surface area contributed by atoms with Gasteiger partial charge in [0, 0.05) is 5.56 Å². The van der Waals surface area contributed by atoms with Crippen molar-refractivity contribution in [1.82, 2.24) is 0 Å². The summed E-state index contributed by atoms with van der Waals surface area (Å²) in [4.78, 5) is 11.8. The Kier molecular flexibility index (Phi) is 3.81. The lowest BCUT2D eigenvalue weighted by Gasteiger charge is -2.40. The molecule has 2 rings (SSSR count). The third kappa shape index (κ3) is 2.09. The molecule has 1 aromatic carbocycles. The second-order valence-electron chi connectivity index (χ2n) is 6.52. The predicted molar refractivity (Wildman–Crippen MR) is 79.4 cm³/mol. The van der Waals surface area contributed by atoms with E-state index in [9.17, 15) is 15.0 Å². The van der Waals surface area contributed by atoms with Gasteiger partial charge < -0.3 is 10.2 Å². The number of carbonyl (C=O) groups is 1.